The summed E-state index contributed by atoms with van der Waals surface area (Å²) in [5.41, 5.74) is 1.37. The van der Waals surface area contributed by atoms with E-state index in [1.165, 1.54) is 18.4 Å². The van der Waals surface area contributed by atoms with Crippen LogP contribution in [0.3, 0.4) is 0 Å². The third-order valence-electron chi connectivity index (χ3n) is 2.13. The molecule has 0 radical (unpaired) electrons. The molecule has 0 spiro atoms. The molecule has 0 fully saturated rings. The van der Waals surface area contributed by atoms with Crippen LogP contribution < -0.4 is 0 Å². The van der Waals surface area contributed by atoms with Gasteiger partial charge in [0, 0.05) is 12.0 Å². The summed E-state index contributed by atoms with van der Waals surface area (Å²) in [4.78, 5) is 4.21. The Balaban J connectivity index is 2.40. The van der Waals surface area contributed by atoms with Gasteiger partial charge in [0.1, 0.15) is 12.0 Å². The lowest BCUT2D eigenvalue weighted by molar-refractivity contribution is 0.404. The summed E-state index contributed by atoms with van der Waals surface area (Å²) in [5, 5.41) is 18.5. The number of rotatable bonds is 2. The molecule has 0 bridgehead atoms. The number of nitrogens with zero attached hydrogens (tertiary/aromatic N) is 1. The number of hydrogen-bond acceptors (Lipinski definition) is 4. The lowest BCUT2D eigenvalue weighted by Gasteiger charge is -1.99. The first kappa shape index (κ1) is 9.58. The van der Waals surface area contributed by atoms with Crippen LogP contribution in [0.1, 0.15) is 12.8 Å². The first-order chi connectivity index (χ1) is 7.20. The normalized spacial score (nSPS) is 10.5. The predicted octanol–water partition coefficient (Wildman–Crippen LogP) is 2.32. The second kappa shape index (κ2) is 3.65. The van der Waals surface area contributed by atoms with E-state index in [1.54, 1.807) is 6.07 Å². The zero-order chi connectivity index (χ0) is 10.8. The molecule has 2 rings (SSSR count). The summed E-state index contributed by atoms with van der Waals surface area (Å²) in [6.07, 6.45) is 2.26. The molecule has 0 atom stereocenters. The number of aryl methyl sites for hydroxylation is 1. The molecule has 0 saturated carbocycles. The minimum Gasteiger partial charge on any atom is -0.504 e. The second-order valence-electron chi connectivity index (χ2n) is 3.18. The molecule has 0 aliphatic heterocycles. The van der Waals surface area contributed by atoms with E-state index < -0.39 is 0 Å². The fraction of sp³-hybridized carbons (Fsp3) is 0.182. The van der Waals surface area contributed by atoms with Crippen LogP contribution in [0.25, 0.3) is 11.3 Å². The van der Waals surface area contributed by atoms with Crippen molar-refractivity contribution < 1.29 is 14.6 Å². The van der Waals surface area contributed by atoms with Crippen molar-refractivity contribution in [1.29, 1.82) is 0 Å². The highest BCUT2D eigenvalue weighted by Crippen LogP contribution is 2.29. The number of benzene rings is 1. The Morgan fingerprint density at radius 1 is 1.27 bits per heavy atom. The summed E-state index contributed by atoms with van der Waals surface area (Å²) in [6.45, 7) is 1.95. The van der Waals surface area contributed by atoms with Crippen molar-refractivity contribution in [1.82, 2.24) is 4.98 Å². The summed E-state index contributed by atoms with van der Waals surface area (Å²) in [7, 11) is 0. The third kappa shape index (κ3) is 1.79. The topological polar surface area (TPSA) is 66.5 Å². The lowest BCUT2D eigenvalue weighted by atomic mass is 10.1. The minimum atomic E-state index is -0.159. The van der Waals surface area contributed by atoms with Crippen molar-refractivity contribution in [2.75, 3.05) is 0 Å². The second-order valence-corrected chi connectivity index (χ2v) is 3.18. The molecule has 78 valence electrons. The van der Waals surface area contributed by atoms with Crippen LogP contribution in [-0.4, -0.2) is 15.2 Å². The van der Waals surface area contributed by atoms with Crippen molar-refractivity contribution in [3.05, 3.63) is 30.4 Å². The van der Waals surface area contributed by atoms with Crippen molar-refractivity contribution in [2.45, 2.75) is 13.3 Å². The molecule has 15 heavy (non-hydrogen) atoms. The molecule has 1 aromatic carbocycles. The van der Waals surface area contributed by atoms with Gasteiger partial charge in [-0.05, 0) is 18.2 Å². The molecule has 2 aromatic rings. The number of aromatic hydroxyl groups is 2. The molecule has 1 heterocycles. The van der Waals surface area contributed by atoms with E-state index in [0.717, 1.165) is 6.42 Å². The van der Waals surface area contributed by atoms with Gasteiger partial charge in [-0.25, -0.2) is 4.98 Å². The van der Waals surface area contributed by atoms with Crippen LogP contribution in [-0.2, 0) is 6.42 Å². The fourth-order valence-electron chi connectivity index (χ4n) is 1.29. The Morgan fingerprint density at radius 2 is 2.07 bits per heavy atom. The Labute approximate surface area is 86.8 Å². The quantitative estimate of drug-likeness (QED) is 0.738. The zero-order valence-electron chi connectivity index (χ0n) is 8.27. The van der Waals surface area contributed by atoms with Crippen LogP contribution in [0.5, 0.6) is 11.5 Å². The van der Waals surface area contributed by atoms with Gasteiger partial charge < -0.3 is 14.6 Å². The Morgan fingerprint density at radius 3 is 2.67 bits per heavy atom. The van der Waals surface area contributed by atoms with E-state index in [1.807, 2.05) is 6.92 Å². The molecular formula is C11H11NO3. The van der Waals surface area contributed by atoms with Crippen molar-refractivity contribution >= 4 is 0 Å². The molecule has 0 aliphatic carbocycles. The van der Waals surface area contributed by atoms with Gasteiger partial charge in [0.05, 0.1) is 0 Å². The van der Waals surface area contributed by atoms with Crippen molar-refractivity contribution in [2.24, 2.45) is 0 Å². The van der Waals surface area contributed by atoms with Gasteiger partial charge in [-0.3, -0.25) is 0 Å². The van der Waals surface area contributed by atoms with Gasteiger partial charge in [0.2, 0.25) is 0 Å². The Hall–Kier alpha value is -1.97. The molecule has 1 aromatic heterocycles. The van der Waals surface area contributed by atoms with E-state index in [2.05, 4.69) is 4.98 Å². The summed E-state index contributed by atoms with van der Waals surface area (Å²) in [6, 6.07) is 4.55. The highest BCUT2D eigenvalue weighted by atomic mass is 16.3. The summed E-state index contributed by atoms with van der Waals surface area (Å²) >= 11 is 0. The highest BCUT2D eigenvalue weighted by Gasteiger charge is 2.07. The maximum absolute atomic E-state index is 9.32. The molecule has 0 unspecified atom stereocenters. The van der Waals surface area contributed by atoms with Crippen LogP contribution in [0.2, 0.25) is 0 Å². The average Bonchev–Trinajstić information content (AvgIpc) is 2.70. The Kier molecular flexibility index (Phi) is 2.33. The maximum Gasteiger partial charge on any atom is 0.194 e. The number of hydrogen-bond donors (Lipinski definition) is 2. The highest BCUT2D eigenvalue weighted by molar-refractivity contribution is 5.62. The first-order valence-electron chi connectivity index (χ1n) is 4.67. The number of phenolic OH excluding ortho intramolecular Hbond substituents is 2. The van der Waals surface area contributed by atoms with Gasteiger partial charge in [0.15, 0.2) is 17.4 Å². The van der Waals surface area contributed by atoms with Gasteiger partial charge in [-0.15, -0.1) is 0 Å². The first-order valence-corrected chi connectivity index (χ1v) is 4.67. The van der Waals surface area contributed by atoms with Gasteiger partial charge in [0.25, 0.3) is 0 Å². The lowest BCUT2D eigenvalue weighted by Crippen LogP contribution is -1.81. The SMILES string of the molecule is CCc1nc(-c2ccc(O)c(O)c2)co1. The van der Waals surface area contributed by atoms with Crippen LogP contribution in [0.15, 0.2) is 28.9 Å². The third-order valence-corrected chi connectivity index (χ3v) is 2.13. The molecule has 0 amide bonds. The fourth-order valence-corrected chi connectivity index (χ4v) is 1.29. The van der Waals surface area contributed by atoms with Crippen LogP contribution in [0, 0.1) is 0 Å². The van der Waals surface area contributed by atoms with E-state index >= 15 is 0 Å². The van der Waals surface area contributed by atoms with Crippen molar-refractivity contribution in [3.63, 3.8) is 0 Å². The number of phenols is 2. The smallest absolute Gasteiger partial charge is 0.194 e. The van der Waals surface area contributed by atoms with Gasteiger partial charge in [-0.2, -0.15) is 0 Å². The van der Waals surface area contributed by atoms with E-state index in [-0.39, 0.29) is 11.5 Å². The summed E-state index contributed by atoms with van der Waals surface area (Å²) in [5.74, 6) is 0.351. The largest absolute Gasteiger partial charge is 0.504 e. The molecule has 0 saturated heterocycles. The zero-order valence-corrected chi connectivity index (χ0v) is 8.27. The number of oxazole rings is 1. The standard InChI is InChI=1S/C11H11NO3/c1-2-11-12-8(6-15-11)7-3-4-9(13)10(14)5-7/h3-6,13-14H,2H2,1H3. The van der Waals surface area contributed by atoms with Crippen molar-refractivity contribution in [3.8, 4) is 22.8 Å². The predicted molar refractivity (Wildman–Crippen MR) is 54.6 cm³/mol. The average molecular weight is 205 g/mol. The summed E-state index contributed by atoms with van der Waals surface area (Å²) < 4.78 is 5.18. The molecule has 4 heteroatoms. The van der Waals surface area contributed by atoms with E-state index in [0.29, 0.717) is 17.1 Å². The molecule has 0 aliphatic rings. The van der Waals surface area contributed by atoms with Crippen LogP contribution >= 0.6 is 0 Å². The molecular weight excluding hydrogens is 194 g/mol. The Bertz CT molecular complexity index is 476. The van der Waals surface area contributed by atoms with Crippen LogP contribution in [0.4, 0.5) is 0 Å². The number of aromatic nitrogens is 1. The van der Waals surface area contributed by atoms with Gasteiger partial charge in [-0.1, -0.05) is 6.92 Å². The molecule has 4 nitrogen and oxygen atoms in total. The minimum absolute atomic E-state index is 0.141. The van der Waals surface area contributed by atoms with Gasteiger partial charge >= 0.3 is 0 Å². The monoisotopic (exact) mass is 205 g/mol. The van der Waals surface area contributed by atoms with E-state index in [4.69, 9.17) is 9.52 Å². The molecule has 2 N–H and O–H groups in total. The van der Waals surface area contributed by atoms with E-state index in [9.17, 15) is 5.11 Å². The maximum atomic E-state index is 9.32.